The van der Waals surface area contributed by atoms with Crippen LogP contribution in [0.5, 0.6) is 0 Å². The molecule has 9 aromatic heterocycles. The number of esters is 1. The first-order valence-electron chi connectivity index (χ1n) is 29.0. The van der Waals surface area contributed by atoms with Crippen LogP contribution >= 0.6 is 0 Å². The number of carbonyl (C=O) groups excluding carboxylic acids is 2. The van der Waals surface area contributed by atoms with Crippen molar-refractivity contribution in [1.82, 2.24) is 62.1 Å². The average molecular weight is 1280 g/mol. The molecule has 2 aliphatic carbocycles. The molecule has 2 saturated carbocycles. The van der Waals surface area contributed by atoms with Gasteiger partial charge in [-0.3, -0.25) is 18.0 Å². The molecular formula is C65H55F9N14O5. The van der Waals surface area contributed by atoms with Crippen LogP contribution in [0.1, 0.15) is 64.1 Å². The third kappa shape index (κ3) is 14.8. The summed E-state index contributed by atoms with van der Waals surface area (Å²) in [6.45, 7) is 0.222. The zero-order valence-electron chi connectivity index (χ0n) is 49.1. The maximum atomic E-state index is 13.4. The Morgan fingerprint density at radius 1 is 0.495 bits per heavy atom. The van der Waals surface area contributed by atoms with E-state index in [2.05, 4.69) is 35.2 Å². The molecule has 14 rings (SSSR count). The van der Waals surface area contributed by atoms with Gasteiger partial charge in [-0.05, 0) is 142 Å². The van der Waals surface area contributed by atoms with E-state index in [9.17, 15) is 59.0 Å². The van der Waals surface area contributed by atoms with Crippen LogP contribution in [0.2, 0.25) is 0 Å². The van der Waals surface area contributed by atoms with Gasteiger partial charge in [-0.15, -0.1) is 0 Å². The molecule has 0 aliphatic heterocycles. The van der Waals surface area contributed by atoms with Crippen molar-refractivity contribution in [2.45, 2.75) is 83.6 Å². The van der Waals surface area contributed by atoms with E-state index >= 15 is 0 Å². The van der Waals surface area contributed by atoms with Crippen molar-refractivity contribution in [3.63, 3.8) is 0 Å². The Balaban J connectivity index is 0.000000138. The Kier molecular flexibility index (Phi) is 18.9. The lowest BCUT2D eigenvalue weighted by atomic mass is 10.1. The Hall–Kier alpha value is -10.9. The number of carbonyl (C=O) groups is 3. The zero-order valence-corrected chi connectivity index (χ0v) is 49.1. The molecule has 3 aromatic carbocycles. The van der Waals surface area contributed by atoms with Crippen molar-refractivity contribution in [2.75, 3.05) is 6.61 Å². The summed E-state index contributed by atoms with van der Waals surface area (Å²) in [5.74, 6) is -3.17. The highest BCUT2D eigenvalue weighted by molar-refractivity contribution is 5.94. The number of carboxylic acid groups (broad SMARTS) is 1. The molecule has 0 atom stereocenters. The van der Waals surface area contributed by atoms with Crippen LogP contribution in [0.3, 0.4) is 0 Å². The second kappa shape index (κ2) is 27.7. The molecule has 12 aromatic rings. The molecule has 478 valence electrons. The molecule has 28 heteroatoms. The number of alkyl halides is 6. The summed E-state index contributed by atoms with van der Waals surface area (Å²) in [7, 11) is 0. The summed E-state index contributed by atoms with van der Waals surface area (Å²) in [6.07, 6.45) is 9.57. The predicted molar refractivity (Wildman–Crippen MR) is 324 cm³/mol. The van der Waals surface area contributed by atoms with Crippen molar-refractivity contribution < 1.29 is 63.7 Å². The van der Waals surface area contributed by atoms with Gasteiger partial charge in [0.1, 0.15) is 40.1 Å². The van der Waals surface area contributed by atoms with Crippen molar-refractivity contribution >= 4 is 34.8 Å². The van der Waals surface area contributed by atoms with Gasteiger partial charge < -0.3 is 34.6 Å². The molecule has 2 aliphatic rings. The largest absolute Gasteiger partial charge is 0.477 e. The highest BCUT2D eigenvalue weighted by Crippen LogP contribution is 2.36. The van der Waals surface area contributed by atoms with Crippen LogP contribution in [0, 0.1) is 17.5 Å². The zero-order chi connectivity index (χ0) is 65.6. The first kappa shape index (κ1) is 63.7. The standard InChI is InChI=1S/C22H18F3N5O.C21H17F3N4O2.C19H13F3N4O2.C3H7N/c23-15-4-1-13(2-5-15)20-21(29(12-27-20)11-18(24)25)14-3-8-19-26-9-17(30(19)10-14)22(31)28-16-6-7-16;1-2-30-21(29)16-9-25-18-8-5-14(10-28(16)18)20-19(13-3-6-15(22)7-4-13)26-12-27(20)11-17(23)24;20-13-4-1-11(2-5-13)17-18(25(10-24-17)9-15(21)22)12-3-6-16-23-7-14(19(27)28)26(16)8-12;4-3-1-2-3/h1-5,8-10,12,16,18H,6-7,11H2,(H,28,31);3-10,12,17H,2,11H2,1H3;1-8,10,15H,9H2,(H,27,28);3H,1-2,4H2. The Morgan fingerprint density at radius 2 is 0.817 bits per heavy atom. The molecule has 2 fully saturated rings. The maximum absolute atomic E-state index is 13.4. The second-order valence-corrected chi connectivity index (χ2v) is 21.5. The van der Waals surface area contributed by atoms with Crippen molar-refractivity contribution in [3.8, 4) is 67.5 Å². The van der Waals surface area contributed by atoms with E-state index in [4.69, 9.17) is 10.5 Å². The molecule has 4 N–H and O–H groups in total. The van der Waals surface area contributed by atoms with Gasteiger partial charge in [0.15, 0.2) is 11.4 Å². The van der Waals surface area contributed by atoms with E-state index < -0.39 is 68.3 Å². The first-order chi connectivity index (χ1) is 44.8. The van der Waals surface area contributed by atoms with E-state index in [0.29, 0.717) is 96.2 Å². The SMILES string of the molecule is CCOC(=O)c1cnc2ccc(-c3c(-c4ccc(F)cc4)ncn3CC(F)F)cn12.NC1CC1.O=C(NC1CC1)c1cnc2ccc(-c3c(-c4ccc(F)cc4)ncn3CC(F)F)cn12.O=C(O)c1cnc2ccc(-c3c(-c4ccc(F)cc4)ncn3CC(F)F)cn12. The number of nitrogens with zero attached hydrogens (tertiary/aromatic N) is 12. The normalized spacial score (nSPS) is 12.8. The van der Waals surface area contributed by atoms with Gasteiger partial charge in [0, 0.05) is 64.1 Å². The van der Waals surface area contributed by atoms with E-state index in [0.717, 1.165) is 12.8 Å². The second-order valence-electron chi connectivity index (χ2n) is 21.5. The molecule has 1 amide bonds. The smallest absolute Gasteiger partial charge is 0.356 e. The molecule has 0 spiro atoms. The number of ether oxygens (including phenoxy) is 1. The minimum Gasteiger partial charge on any atom is -0.477 e. The van der Waals surface area contributed by atoms with E-state index in [1.165, 1.54) is 135 Å². The monoisotopic (exact) mass is 1280 g/mol. The van der Waals surface area contributed by atoms with Crippen LogP contribution in [-0.2, 0) is 24.4 Å². The molecule has 0 bridgehead atoms. The number of pyridine rings is 3. The number of aromatic nitrogens is 12. The maximum Gasteiger partial charge on any atom is 0.356 e. The third-order valence-electron chi connectivity index (χ3n) is 14.7. The van der Waals surface area contributed by atoms with Crippen LogP contribution in [-0.4, -0.2) is 118 Å². The number of hydrogen-bond donors (Lipinski definition) is 3. The summed E-state index contributed by atoms with van der Waals surface area (Å²) < 4.78 is 132. The number of rotatable bonds is 17. The van der Waals surface area contributed by atoms with Gasteiger partial charge in [0.2, 0.25) is 0 Å². The van der Waals surface area contributed by atoms with Crippen LogP contribution < -0.4 is 11.1 Å². The molecule has 19 nitrogen and oxygen atoms in total. The number of nitrogens with one attached hydrogen (secondary N) is 1. The molecule has 93 heavy (non-hydrogen) atoms. The summed E-state index contributed by atoms with van der Waals surface area (Å²) >= 11 is 0. The topological polar surface area (TPSA) is 224 Å². The van der Waals surface area contributed by atoms with Crippen molar-refractivity contribution in [1.29, 1.82) is 0 Å². The fraction of sp³-hybridized carbons (Fsp3) is 0.215. The quantitative estimate of drug-likeness (QED) is 0.0572. The van der Waals surface area contributed by atoms with E-state index in [-0.39, 0.29) is 29.9 Å². The summed E-state index contributed by atoms with van der Waals surface area (Å²) in [5.41, 5.74) is 13.1. The van der Waals surface area contributed by atoms with Crippen LogP contribution in [0.25, 0.3) is 84.5 Å². The van der Waals surface area contributed by atoms with E-state index in [1.807, 2.05) is 0 Å². The average Bonchev–Trinajstić information content (AvgIpc) is 1.68. The number of hydrogen-bond acceptors (Lipinski definition) is 11. The van der Waals surface area contributed by atoms with Crippen LogP contribution in [0.15, 0.2) is 165 Å². The van der Waals surface area contributed by atoms with Gasteiger partial charge >= 0.3 is 11.9 Å². The van der Waals surface area contributed by atoms with Crippen LogP contribution in [0.4, 0.5) is 39.5 Å². The lowest BCUT2D eigenvalue weighted by Crippen LogP contribution is -2.26. The van der Waals surface area contributed by atoms with Crippen molar-refractivity contribution in [3.05, 3.63) is 200 Å². The Labute approximate surface area is 522 Å². The number of aromatic carboxylic acids is 1. The molecule has 0 saturated heterocycles. The first-order valence-corrected chi connectivity index (χ1v) is 29.0. The molecule has 9 heterocycles. The van der Waals surface area contributed by atoms with Gasteiger partial charge in [-0.1, -0.05) is 0 Å². The number of fused-ring (bicyclic) bond motifs is 3. The number of halogens is 9. The lowest BCUT2D eigenvalue weighted by molar-refractivity contribution is 0.0517. The number of imidazole rings is 6. The Morgan fingerprint density at radius 3 is 1.14 bits per heavy atom. The fourth-order valence-electron chi connectivity index (χ4n) is 10.0. The Bertz CT molecular complexity index is 4630. The predicted octanol–water partition coefficient (Wildman–Crippen LogP) is 12.7. The van der Waals surface area contributed by atoms with Gasteiger partial charge in [-0.2, -0.15) is 0 Å². The highest BCUT2D eigenvalue weighted by atomic mass is 19.3. The number of nitrogens with two attached hydrogens (primary N) is 1. The number of carboxylic acids is 1. The molecule has 0 unspecified atom stereocenters. The minimum atomic E-state index is -2.61. The third-order valence-corrected chi connectivity index (χ3v) is 14.7. The fourth-order valence-corrected chi connectivity index (χ4v) is 10.0. The van der Waals surface area contributed by atoms with Crippen molar-refractivity contribution in [2.24, 2.45) is 5.73 Å². The number of benzene rings is 3. The summed E-state index contributed by atoms with van der Waals surface area (Å²) in [4.78, 5) is 61.5. The van der Waals surface area contributed by atoms with Gasteiger partial charge in [0.05, 0.1) is 98.0 Å². The molecular weight excluding hydrogens is 1230 g/mol. The highest BCUT2D eigenvalue weighted by Gasteiger charge is 2.27. The van der Waals surface area contributed by atoms with Gasteiger partial charge in [0.25, 0.3) is 25.2 Å². The minimum absolute atomic E-state index is 0.0555. The number of amides is 1. The summed E-state index contributed by atoms with van der Waals surface area (Å²) in [6, 6.07) is 27.7. The summed E-state index contributed by atoms with van der Waals surface area (Å²) in [5, 5.41) is 12.2. The lowest BCUT2D eigenvalue weighted by Gasteiger charge is -2.12. The molecule has 0 radical (unpaired) electrons. The van der Waals surface area contributed by atoms with E-state index in [1.54, 1.807) is 76.6 Å². The van der Waals surface area contributed by atoms with Gasteiger partial charge in [-0.25, -0.2) is 79.0 Å².